The molecule has 0 aromatic carbocycles. The van der Waals surface area contributed by atoms with E-state index in [4.69, 9.17) is 0 Å². The van der Waals surface area contributed by atoms with E-state index < -0.39 is 40.6 Å². The van der Waals surface area contributed by atoms with Gasteiger partial charge in [0, 0.05) is 22.7 Å². The topological polar surface area (TPSA) is 144 Å². The number of aldehydes is 1. The summed E-state index contributed by atoms with van der Waals surface area (Å²) in [6, 6.07) is -2.74. The van der Waals surface area contributed by atoms with Crippen molar-refractivity contribution in [1.29, 1.82) is 0 Å². The molecule has 0 heterocycles. The molecule has 4 atom stereocenters. The molecule has 9 nitrogen and oxygen atoms in total. The molecule has 29 heavy (non-hydrogen) atoms. The number of carbonyl (C=O) groups excluding carboxylic acids is 1. The first-order valence-electron chi connectivity index (χ1n) is 10.2. The van der Waals surface area contributed by atoms with Gasteiger partial charge in [-0.15, -0.1) is 0 Å². The zero-order valence-electron chi connectivity index (χ0n) is 17.1. The molecule has 0 aromatic rings. The molecule has 2 N–H and O–H groups in total. The van der Waals surface area contributed by atoms with Crippen LogP contribution in [-0.4, -0.2) is 50.6 Å². The lowest BCUT2D eigenvalue weighted by atomic mass is 9.95. The third-order valence-corrected chi connectivity index (χ3v) is 4.69. The summed E-state index contributed by atoms with van der Waals surface area (Å²) in [7, 11) is 0. The van der Waals surface area contributed by atoms with Gasteiger partial charge in [0.1, 0.15) is 18.5 Å². The molecule has 0 rings (SSSR count). The Hall–Kier alpha value is -2.13. The number of nitrogens with zero attached hydrogens (tertiary/aromatic N) is 2. The number of hydrogen-bond acceptors (Lipinski definition) is 7. The van der Waals surface area contributed by atoms with E-state index in [-0.39, 0.29) is 12.8 Å². The van der Waals surface area contributed by atoms with Crippen molar-refractivity contribution in [3.05, 3.63) is 44.5 Å². The van der Waals surface area contributed by atoms with Gasteiger partial charge in [0.05, 0.1) is 6.42 Å². The molecule has 4 unspecified atom stereocenters. The molecular weight excluding hydrogens is 380 g/mol. The lowest BCUT2D eigenvalue weighted by Gasteiger charge is -2.20. The normalized spacial score (nSPS) is 16.0. The second-order valence-electron chi connectivity index (χ2n) is 7.08. The second-order valence-corrected chi connectivity index (χ2v) is 7.08. The highest BCUT2D eigenvalue weighted by molar-refractivity contribution is 5.49. The van der Waals surface area contributed by atoms with Crippen molar-refractivity contribution in [2.45, 2.75) is 95.4 Å². The van der Waals surface area contributed by atoms with Crippen LogP contribution in [-0.2, 0) is 4.79 Å². The first-order valence-corrected chi connectivity index (χ1v) is 10.2. The van der Waals surface area contributed by atoms with E-state index in [2.05, 4.69) is 0 Å². The average Bonchev–Trinajstić information content (AvgIpc) is 2.67. The monoisotopic (exact) mass is 414 g/mol. The van der Waals surface area contributed by atoms with Crippen LogP contribution in [0.1, 0.15) is 71.1 Å². The van der Waals surface area contributed by atoms with Crippen LogP contribution < -0.4 is 0 Å². The van der Waals surface area contributed by atoms with E-state index in [1.54, 1.807) is 12.2 Å². The molecule has 166 valence electrons. The van der Waals surface area contributed by atoms with Gasteiger partial charge in [-0.2, -0.15) is 0 Å². The summed E-state index contributed by atoms with van der Waals surface area (Å²) in [6.45, 7) is 1.95. The van der Waals surface area contributed by atoms with Gasteiger partial charge in [-0.05, 0) is 32.1 Å². The molecule has 0 spiro atoms. The number of carbonyl (C=O) groups is 1. The molecule has 0 saturated heterocycles. The lowest BCUT2D eigenvalue weighted by Crippen LogP contribution is -2.42. The van der Waals surface area contributed by atoms with Crippen LogP contribution in [0, 0.1) is 20.2 Å². The SMILES string of the molecule is CCCCCC(C(O)CC(C(O)C/C=C\C/C=C\CCCC=O)[N+](=O)[O-])[N+](=O)[O-]. The Labute approximate surface area is 171 Å². The maximum atomic E-state index is 11.3. The number of hydrogen-bond donors (Lipinski definition) is 2. The van der Waals surface area contributed by atoms with Crippen LogP contribution in [0.15, 0.2) is 24.3 Å². The van der Waals surface area contributed by atoms with Crippen molar-refractivity contribution in [1.82, 2.24) is 0 Å². The zero-order valence-corrected chi connectivity index (χ0v) is 17.1. The van der Waals surface area contributed by atoms with Crippen molar-refractivity contribution >= 4 is 6.29 Å². The molecule has 0 saturated carbocycles. The van der Waals surface area contributed by atoms with E-state index in [0.717, 1.165) is 32.0 Å². The molecule has 0 aliphatic rings. The van der Waals surface area contributed by atoms with Crippen LogP contribution in [0.25, 0.3) is 0 Å². The van der Waals surface area contributed by atoms with E-state index in [1.807, 2.05) is 19.1 Å². The molecule has 9 heteroatoms. The summed E-state index contributed by atoms with van der Waals surface area (Å²) in [4.78, 5) is 31.4. The van der Waals surface area contributed by atoms with Crippen molar-refractivity contribution < 1.29 is 24.9 Å². The van der Waals surface area contributed by atoms with E-state index in [0.29, 0.717) is 19.3 Å². The summed E-state index contributed by atoms with van der Waals surface area (Å²) in [5.41, 5.74) is 0. The summed E-state index contributed by atoms with van der Waals surface area (Å²) < 4.78 is 0. The third-order valence-electron chi connectivity index (χ3n) is 4.69. The third kappa shape index (κ3) is 12.8. The summed E-state index contributed by atoms with van der Waals surface area (Å²) in [6.07, 6.45) is 9.93. The fourth-order valence-electron chi connectivity index (χ4n) is 2.93. The van der Waals surface area contributed by atoms with Gasteiger partial charge >= 0.3 is 0 Å². The Bertz CT molecular complexity index is 537. The van der Waals surface area contributed by atoms with Crippen molar-refractivity contribution in [3.8, 4) is 0 Å². The zero-order chi connectivity index (χ0) is 22.1. The molecular formula is C20H34N2O7. The maximum absolute atomic E-state index is 11.3. The summed E-state index contributed by atoms with van der Waals surface area (Å²) in [5, 5.41) is 42.8. The van der Waals surface area contributed by atoms with E-state index in [1.165, 1.54) is 0 Å². The second kappa shape index (κ2) is 16.8. The minimum atomic E-state index is -1.48. The highest BCUT2D eigenvalue weighted by Crippen LogP contribution is 2.18. The molecule has 0 aromatic heterocycles. The molecule has 0 aliphatic carbocycles. The Kier molecular flexibility index (Phi) is 15.6. The van der Waals surface area contributed by atoms with Gasteiger partial charge in [-0.1, -0.05) is 44.1 Å². The van der Waals surface area contributed by atoms with E-state index in [9.17, 15) is 35.2 Å². The number of nitro groups is 2. The van der Waals surface area contributed by atoms with E-state index >= 15 is 0 Å². The number of allylic oxidation sites excluding steroid dienone is 3. The average molecular weight is 414 g/mol. The van der Waals surface area contributed by atoms with Gasteiger partial charge < -0.3 is 15.0 Å². The number of aliphatic hydroxyl groups excluding tert-OH is 2. The quantitative estimate of drug-likeness (QED) is 0.115. The molecule has 0 fully saturated rings. The van der Waals surface area contributed by atoms with Crippen LogP contribution >= 0.6 is 0 Å². The standard InChI is InChI=1S/C20H34N2O7/c1-2-3-10-13-17(21(26)27)20(25)16-18(22(28)29)19(24)14-11-8-6-4-5-7-9-12-15-23/h4-5,8,11,15,17-20,24-25H,2-3,6-7,9-10,12-14,16H2,1H3/b5-4-,11-8-. The van der Waals surface area contributed by atoms with Crippen LogP contribution in [0.3, 0.4) is 0 Å². The van der Waals surface area contributed by atoms with Gasteiger partial charge in [-0.3, -0.25) is 20.2 Å². The van der Waals surface area contributed by atoms with Gasteiger partial charge in [0.2, 0.25) is 12.1 Å². The van der Waals surface area contributed by atoms with Crippen molar-refractivity contribution in [2.75, 3.05) is 0 Å². The van der Waals surface area contributed by atoms with Gasteiger partial charge in [0.15, 0.2) is 0 Å². The smallest absolute Gasteiger partial charge is 0.241 e. The summed E-state index contributed by atoms with van der Waals surface area (Å²) >= 11 is 0. The Morgan fingerprint density at radius 3 is 2.10 bits per heavy atom. The summed E-state index contributed by atoms with van der Waals surface area (Å²) in [5.74, 6) is 0. The fraction of sp³-hybridized carbons (Fsp3) is 0.750. The minimum Gasteiger partial charge on any atom is -0.386 e. The predicted molar refractivity (Wildman–Crippen MR) is 110 cm³/mol. The molecule has 0 aliphatic heterocycles. The van der Waals surface area contributed by atoms with Crippen LogP contribution in [0.4, 0.5) is 0 Å². The van der Waals surface area contributed by atoms with Crippen molar-refractivity contribution in [3.63, 3.8) is 0 Å². The molecule has 0 radical (unpaired) electrons. The first-order chi connectivity index (χ1) is 13.8. The highest BCUT2D eigenvalue weighted by Gasteiger charge is 2.38. The van der Waals surface area contributed by atoms with Crippen LogP contribution in [0.2, 0.25) is 0 Å². The minimum absolute atomic E-state index is 0.0241. The number of rotatable bonds is 18. The number of aliphatic hydroxyl groups is 2. The maximum Gasteiger partial charge on any atom is 0.241 e. The largest absolute Gasteiger partial charge is 0.386 e. The fourth-order valence-corrected chi connectivity index (χ4v) is 2.93. The predicted octanol–water partition coefficient (Wildman–Crippen LogP) is 3.23. The van der Waals surface area contributed by atoms with Gasteiger partial charge in [-0.25, -0.2) is 0 Å². The van der Waals surface area contributed by atoms with Crippen molar-refractivity contribution in [2.24, 2.45) is 0 Å². The highest BCUT2D eigenvalue weighted by atomic mass is 16.6. The molecule has 0 bridgehead atoms. The molecule has 0 amide bonds. The first kappa shape index (κ1) is 26.9. The van der Waals surface area contributed by atoms with Gasteiger partial charge in [0.25, 0.3) is 0 Å². The van der Waals surface area contributed by atoms with Crippen LogP contribution in [0.5, 0.6) is 0 Å². The Balaban J connectivity index is 4.58. The number of unbranched alkanes of at least 4 members (excludes halogenated alkanes) is 4. The Morgan fingerprint density at radius 2 is 1.52 bits per heavy atom. The lowest BCUT2D eigenvalue weighted by molar-refractivity contribution is -0.554. The Morgan fingerprint density at radius 1 is 0.862 bits per heavy atom.